The zero-order valence-corrected chi connectivity index (χ0v) is 35.0. The lowest BCUT2D eigenvalue weighted by Crippen LogP contribution is -2.37. The Morgan fingerprint density at radius 1 is 0.529 bits per heavy atom. The fraction of sp³-hybridized carbons (Fsp3) is 0.951. The molecule has 10 heteroatoms. The summed E-state index contributed by atoms with van der Waals surface area (Å²) in [5.41, 5.74) is 0. The average Bonchev–Trinajstić information content (AvgIpc) is 3.07. The molecule has 0 aromatic rings. The van der Waals surface area contributed by atoms with E-state index in [0.29, 0.717) is 17.4 Å². The lowest BCUT2D eigenvalue weighted by atomic mass is 10.0. The van der Waals surface area contributed by atoms with Crippen LogP contribution in [0.4, 0.5) is 0 Å². The lowest BCUT2D eigenvalue weighted by Gasteiger charge is -2.28. The Hall–Kier alpha value is -0.990. The molecule has 0 amide bonds. The van der Waals surface area contributed by atoms with Crippen molar-refractivity contribution in [3.8, 4) is 0 Å². The van der Waals surface area contributed by atoms with Gasteiger partial charge in [0.05, 0.1) is 27.7 Å². The molecule has 0 heterocycles. The van der Waals surface area contributed by atoms with Gasteiger partial charge in [-0.3, -0.25) is 14.2 Å². The van der Waals surface area contributed by atoms with Crippen LogP contribution in [0.15, 0.2) is 0 Å². The predicted octanol–water partition coefficient (Wildman–Crippen LogP) is 11.0. The van der Waals surface area contributed by atoms with E-state index in [0.717, 1.165) is 32.1 Å². The number of unbranched alkanes of at least 4 members (excludes halogenated alkanes) is 25. The number of hydrogen-bond donors (Lipinski definition) is 0. The Balaban J connectivity index is 4.35. The quantitative estimate of drug-likeness (QED) is 0.0264. The Morgan fingerprint density at radius 2 is 0.882 bits per heavy atom. The molecule has 51 heavy (non-hydrogen) atoms. The monoisotopic (exact) mass is 748 g/mol. The van der Waals surface area contributed by atoms with E-state index in [9.17, 15) is 19.0 Å². The fourth-order valence-electron chi connectivity index (χ4n) is 6.01. The molecule has 0 aliphatic carbocycles. The van der Waals surface area contributed by atoms with Gasteiger partial charge in [0.1, 0.15) is 19.8 Å². The number of ether oxygens (including phenoxy) is 2. The van der Waals surface area contributed by atoms with Crippen molar-refractivity contribution in [3.05, 3.63) is 0 Å². The molecule has 304 valence electrons. The lowest BCUT2D eigenvalue weighted by molar-refractivity contribution is -0.870. The van der Waals surface area contributed by atoms with Gasteiger partial charge in [-0.25, -0.2) is 0 Å². The maximum Gasteiger partial charge on any atom is 0.306 e. The third-order valence-electron chi connectivity index (χ3n) is 9.38. The van der Waals surface area contributed by atoms with Crippen molar-refractivity contribution in [3.63, 3.8) is 0 Å². The highest BCUT2D eigenvalue weighted by atomic mass is 31.2. The highest BCUT2D eigenvalue weighted by molar-refractivity contribution is 7.45. The van der Waals surface area contributed by atoms with Gasteiger partial charge in [0, 0.05) is 12.8 Å². The normalized spacial score (nSPS) is 13.6. The van der Waals surface area contributed by atoms with Crippen molar-refractivity contribution < 1.29 is 42.1 Å². The van der Waals surface area contributed by atoms with E-state index in [1.165, 1.54) is 135 Å². The van der Waals surface area contributed by atoms with Crippen LogP contribution in [0, 0.1) is 0 Å². The van der Waals surface area contributed by atoms with Gasteiger partial charge in [-0.05, 0) is 12.8 Å². The number of hydrogen-bond acceptors (Lipinski definition) is 8. The summed E-state index contributed by atoms with van der Waals surface area (Å²) in [5.74, 6) is -0.822. The van der Waals surface area contributed by atoms with Crippen molar-refractivity contribution >= 4 is 19.8 Å². The summed E-state index contributed by atoms with van der Waals surface area (Å²) in [6.45, 7) is 4.25. The van der Waals surface area contributed by atoms with Crippen LogP contribution in [0.1, 0.15) is 200 Å². The van der Waals surface area contributed by atoms with Crippen LogP contribution in [0.3, 0.4) is 0 Å². The van der Waals surface area contributed by atoms with Crippen LogP contribution in [0.25, 0.3) is 0 Å². The summed E-state index contributed by atoms with van der Waals surface area (Å²) in [7, 11) is 1.18. The van der Waals surface area contributed by atoms with Gasteiger partial charge in [0.15, 0.2) is 6.10 Å². The molecule has 0 saturated carbocycles. The van der Waals surface area contributed by atoms with Crippen LogP contribution < -0.4 is 4.89 Å². The molecule has 2 atom stereocenters. The SMILES string of the molecule is CCCCCCCCCCCCCCCCC(=O)O[C@H](COC(=O)CCCCCCCCCCCCCCC)COP(=O)([O-])OCC[N+](C)(C)C. The van der Waals surface area contributed by atoms with E-state index in [2.05, 4.69) is 13.8 Å². The van der Waals surface area contributed by atoms with Crippen molar-refractivity contribution in [2.75, 3.05) is 47.5 Å². The highest BCUT2D eigenvalue weighted by Gasteiger charge is 2.21. The van der Waals surface area contributed by atoms with E-state index in [4.69, 9.17) is 18.5 Å². The molecular formula is C41H82NO8P. The minimum absolute atomic E-state index is 0.0258. The number of esters is 2. The van der Waals surface area contributed by atoms with E-state index < -0.39 is 26.5 Å². The van der Waals surface area contributed by atoms with E-state index in [1.54, 1.807) is 0 Å². The second-order valence-corrected chi connectivity index (χ2v) is 17.1. The molecule has 0 radical (unpaired) electrons. The molecule has 0 fully saturated rings. The molecule has 0 bridgehead atoms. The summed E-state index contributed by atoms with van der Waals surface area (Å²) in [6, 6.07) is 0. The van der Waals surface area contributed by atoms with Crippen molar-refractivity contribution in [2.45, 2.75) is 206 Å². The molecule has 0 N–H and O–H groups in total. The van der Waals surface area contributed by atoms with Crippen LogP contribution in [0.2, 0.25) is 0 Å². The number of nitrogens with zero attached hydrogens (tertiary/aromatic N) is 1. The van der Waals surface area contributed by atoms with Crippen molar-refractivity contribution in [1.82, 2.24) is 0 Å². The van der Waals surface area contributed by atoms with E-state index >= 15 is 0 Å². The fourth-order valence-corrected chi connectivity index (χ4v) is 6.74. The first-order valence-corrected chi connectivity index (χ1v) is 22.7. The third kappa shape index (κ3) is 38.5. The number of quaternary nitrogens is 1. The Labute approximate surface area is 314 Å². The molecule has 0 saturated heterocycles. The summed E-state index contributed by atoms with van der Waals surface area (Å²) in [6.07, 6.45) is 32.6. The zero-order valence-electron chi connectivity index (χ0n) is 34.1. The smallest absolute Gasteiger partial charge is 0.306 e. The molecule has 0 aromatic heterocycles. The first-order valence-electron chi connectivity index (χ1n) is 21.2. The largest absolute Gasteiger partial charge is 0.756 e. The van der Waals surface area contributed by atoms with Crippen molar-refractivity contribution in [2.24, 2.45) is 0 Å². The summed E-state index contributed by atoms with van der Waals surface area (Å²) < 4.78 is 33.8. The van der Waals surface area contributed by atoms with E-state index in [1.807, 2.05) is 21.1 Å². The molecule has 0 aromatic carbocycles. The van der Waals surface area contributed by atoms with E-state index in [-0.39, 0.29) is 32.0 Å². The maximum absolute atomic E-state index is 12.6. The predicted molar refractivity (Wildman–Crippen MR) is 208 cm³/mol. The first kappa shape index (κ1) is 50.0. The first-order chi connectivity index (χ1) is 24.5. The van der Waals surface area contributed by atoms with Gasteiger partial charge in [-0.2, -0.15) is 0 Å². The standard InChI is InChI=1S/C41H82NO8P/c1-6-8-10-12-14-16-18-20-22-24-26-28-30-32-34-41(44)50-39(38-49-51(45,46)48-36-35-42(3,4)5)37-47-40(43)33-31-29-27-25-23-21-19-17-15-13-11-9-7-2/h39H,6-38H2,1-5H3/t39-/m1/s1. The van der Waals surface area contributed by atoms with Gasteiger partial charge < -0.3 is 27.9 Å². The van der Waals surface area contributed by atoms with Crippen LogP contribution in [0.5, 0.6) is 0 Å². The summed E-state index contributed by atoms with van der Waals surface area (Å²) in [5, 5.41) is 0. The van der Waals surface area contributed by atoms with Crippen molar-refractivity contribution in [1.29, 1.82) is 0 Å². The third-order valence-corrected chi connectivity index (χ3v) is 10.3. The highest BCUT2D eigenvalue weighted by Crippen LogP contribution is 2.38. The van der Waals surface area contributed by atoms with Crippen LogP contribution in [-0.2, 0) is 32.7 Å². The molecule has 0 aliphatic rings. The number of carbonyl (C=O) groups excluding carboxylic acids is 2. The number of phosphoric ester groups is 1. The minimum Gasteiger partial charge on any atom is -0.756 e. The van der Waals surface area contributed by atoms with Gasteiger partial charge in [0.25, 0.3) is 7.82 Å². The molecule has 0 spiro atoms. The topological polar surface area (TPSA) is 111 Å². The molecule has 1 unspecified atom stereocenters. The molecule has 0 rings (SSSR count). The average molecular weight is 748 g/mol. The van der Waals surface area contributed by atoms with Crippen LogP contribution >= 0.6 is 7.82 Å². The summed E-state index contributed by atoms with van der Waals surface area (Å²) in [4.78, 5) is 37.4. The van der Waals surface area contributed by atoms with Crippen LogP contribution in [-0.4, -0.2) is 70.0 Å². The number of phosphoric acid groups is 1. The second kappa shape index (κ2) is 34.8. The number of carbonyl (C=O) groups is 2. The number of rotatable bonds is 39. The maximum atomic E-state index is 12.6. The Kier molecular flexibility index (Phi) is 34.1. The van der Waals surface area contributed by atoms with Gasteiger partial charge in [-0.15, -0.1) is 0 Å². The Morgan fingerprint density at radius 3 is 1.25 bits per heavy atom. The Bertz CT molecular complexity index is 850. The van der Waals surface area contributed by atoms with Gasteiger partial charge >= 0.3 is 11.9 Å². The van der Waals surface area contributed by atoms with Gasteiger partial charge in [0.2, 0.25) is 0 Å². The minimum atomic E-state index is -4.61. The second-order valence-electron chi connectivity index (χ2n) is 15.7. The number of likely N-dealkylation sites (N-methyl/N-ethyl adjacent to an activating group) is 1. The summed E-state index contributed by atoms with van der Waals surface area (Å²) >= 11 is 0. The van der Waals surface area contributed by atoms with Gasteiger partial charge in [-0.1, -0.05) is 174 Å². The molecule has 0 aliphatic heterocycles. The molecule has 9 nitrogen and oxygen atoms in total. The molecular weight excluding hydrogens is 665 g/mol. The zero-order chi connectivity index (χ0) is 37.9.